The predicted molar refractivity (Wildman–Crippen MR) is 81.6 cm³/mol. The third kappa shape index (κ3) is 6.71. The second-order valence-corrected chi connectivity index (χ2v) is 3.87. The zero-order valence-electron chi connectivity index (χ0n) is 12.2. The standard InChI is InChI=1S/C14H14.C2H4O2.CH4O/c1-12(13-8-4-2-5-9-13)14-10-6-3-7-11-14;1-4-2-3;1-2/h2-12H,1H3;2H,1H3;2H,1H3. The number of benzene rings is 2. The monoisotopic (exact) mass is 274 g/mol. The number of methoxy groups -OCH3 is 1. The van der Waals surface area contributed by atoms with E-state index in [1.807, 2.05) is 0 Å². The van der Waals surface area contributed by atoms with Crippen LogP contribution in [0.4, 0.5) is 0 Å². The molecular weight excluding hydrogens is 252 g/mol. The molecule has 0 aliphatic heterocycles. The minimum atomic E-state index is 0.375. The van der Waals surface area contributed by atoms with E-state index in [2.05, 4.69) is 72.3 Å². The van der Waals surface area contributed by atoms with Crippen LogP contribution in [0.3, 0.4) is 0 Å². The molecule has 0 heterocycles. The van der Waals surface area contributed by atoms with Gasteiger partial charge in [0.2, 0.25) is 0 Å². The highest BCUT2D eigenvalue weighted by Gasteiger charge is 2.05. The Balaban J connectivity index is 0.000000521. The minimum absolute atomic E-state index is 0.375. The van der Waals surface area contributed by atoms with Crippen LogP contribution in [-0.2, 0) is 9.53 Å². The van der Waals surface area contributed by atoms with Crippen LogP contribution in [-0.4, -0.2) is 25.8 Å². The van der Waals surface area contributed by atoms with Gasteiger partial charge in [-0.25, -0.2) is 0 Å². The first-order chi connectivity index (χ1) is 9.79. The Kier molecular flexibility index (Phi) is 10.7. The van der Waals surface area contributed by atoms with Crippen LogP contribution in [0, 0.1) is 0 Å². The molecular formula is C17H22O3. The summed E-state index contributed by atoms with van der Waals surface area (Å²) >= 11 is 0. The van der Waals surface area contributed by atoms with Crippen LogP contribution in [0.2, 0.25) is 0 Å². The Bertz CT molecular complexity index is 401. The number of carbonyl (C=O) groups is 1. The summed E-state index contributed by atoms with van der Waals surface area (Å²) in [7, 11) is 2.31. The molecule has 2 aromatic rings. The number of carbonyl (C=O) groups excluding carboxylic acids is 1. The molecule has 0 spiro atoms. The van der Waals surface area contributed by atoms with E-state index in [-0.39, 0.29) is 0 Å². The highest BCUT2D eigenvalue weighted by molar-refractivity contribution is 5.36. The van der Waals surface area contributed by atoms with Crippen molar-refractivity contribution in [2.75, 3.05) is 14.2 Å². The van der Waals surface area contributed by atoms with Crippen LogP contribution >= 0.6 is 0 Å². The van der Waals surface area contributed by atoms with Gasteiger partial charge in [-0.05, 0) is 11.1 Å². The third-order valence-corrected chi connectivity index (χ3v) is 2.70. The quantitative estimate of drug-likeness (QED) is 0.874. The summed E-state index contributed by atoms with van der Waals surface area (Å²) < 4.78 is 3.86. The maximum absolute atomic E-state index is 8.95. The van der Waals surface area contributed by atoms with Crippen molar-refractivity contribution >= 4 is 6.47 Å². The van der Waals surface area contributed by atoms with Crippen molar-refractivity contribution in [3.8, 4) is 0 Å². The van der Waals surface area contributed by atoms with Crippen LogP contribution < -0.4 is 0 Å². The molecule has 0 aliphatic carbocycles. The van der Waals surface area contributed by atoms with E-state index in [1.165, 1.54) is 18.2 Å². The third-order valence-electron chi connectivity index (χ3n) is 2.70. The van der Waals surface area contributed by atoms with Crippen molar-refractivity contribution < 1.29 is 14.6 Å². The van der Waals surface area contributed by atoms with E-state index in [1.54, 1.807) is 0 Å². The lowest BCUT2D eigenvalue weighted by Crippen LogP contribution is -1.94. The van der Waals surface area contributed by atoms with E-state index in [9.17, 15) is 0 Å². The van der Waals surface area contributed by atoms with E-state index in [0.717, 1.165) is 7.11 Å². The van der Waals surface area contributed by atoms with Crippen molar-refractivity contribution in [3.63, 3.8) is 0 Å². The maximum atomic E-state index is 8.95. The van der Waals surface area contributed by atoms with Crippen molar-refractivity contribution in [1.29, 1.82) is 0 Å². The predicted octanol–water partition coefficient (Wildman–Crippen LogP) is 3.24. The van der Waals surface area contributed by atoms with Gasteiger partial charge in [0.25, 0.3) is 6.47 Å². The van der Waals surface area contributed by atoms with Crippen molar-refractivity contribution in [1.82, 2.24) is 0 Å². The molecule has 1 N–H and O–H groups in total. The molecule has 2 aromatic carbocycles. The molecule has 3 nitrogen and oxygen atoms in total. The Morgan fingerprint density at radius 3 is 1.45 bits per heavy atom. The molecule has 0 aliphatic rings. The second-order valence-electron chi connectivity index (χ2n) is 3.87. The zero-order valence-corrected chi connectivity index (χ0v) is 12.2. The topological polar surface area (TPSA) is 46.5 Å². The Morgan fingerprint density at radius 1 is 0.900 bits per heavy atom. The summed E-state index contributed by atoms with van der Waals surface area (Å²) in [5.74, 6) is 0.484. The number of aliphatic hydroxyl groups excluding tert-OH is 1. The Morgan fingerprint density at radius 2 is 1.20 bits per heavy atom. The fourth-order valence-corrected chi connectivity index (χ4v) is 1.68. The van der Waals surface area contributed by atoms with E-state index < -0.39 is 0 Å². The second kappa shape index (κ2) is 11.9. The first-order valence-corrected chi connectivity index (χ1v) is 6.30. The molecule has 0 unspecified atom stereocenters. The van der Waals surface area contributed by atoms with Crippen LogP contribution in [0.25, 0.3) is 0 Å². The van der Waals surface area contributed by atoms with Gasteiger partial charge in [0.05, 0.1) is 7.11 Å². The number of ether oxygens (including phenoxy) is 1. The van der Waals surface area contributed by atoms with E-state index in [4.69, 9.17) is 9.90 Å². The molecule has 108 valence electrons. The van der Waals surface area contributed by atoms with Gasteiger partial charge in [-0.1, -0.05) is 67.6 Å². The summed E-state index contributed by atoms with van der Waals surface area (Å²) in [6.45, 7) is 2.62. The summed E-state index contributed by atoms with van der Waals surface area (Å²) in [5.41, 5.74) is 2.75. The summed E-state index contributed by atoms with van der Waals surface area (Å²) in [6.07, 6.45) is 0. The van der Waals surface area contributed by atoms with Gasteiger partial charge in [-0.2, -0.15) is 0 Å². The number of hydrogen-bond acceptors (Lipinski definition) is 3. The summed E-state index contributed by atoms with van der Waals surface area (Å²) in [5, 5.41) is 7.00. The normalized spacial score (nSPS) is 8.65. The van der Waals surface area contributed by atoms with Crippen LogP contribution in [0.5, 0.6) is 0 Å². The van der Waals surface area contributed by atoms with Crippen LogP contribution in [0.1, 0.15) is 24.0 Å². The molecule has 0 bridgehead atoms. The molecule has 0 radical (unpaired) electrons. The molecule has 0 atom stereocenters. The lowest BCUT2D eigenvalue weighted by molar-refractivity contribution is -0.126. The van der Waals surface area contributed by atoms with Crippen molar-refractivity contribution in [2.45, 2.75) is 12.8 Å². The fourth-order valence-electron chi connectivity index (χ4n) is 1.68. The van der Waals surface area contributed by atoms with Gasteiger partial charge in [0.1, 0.15) is 0 Å². The number of hydrogen-bond donors (Lipinski definition) is 1. The molecule has 2 rings (SSSR count). The zero-order chi connectivity index (χ0) is 15.2. The Hall–Kier alpha value is -2.13. The van der Waals surface area contributed by atoms with Gasteiger partial charge >= 0.3 is 0 Å². The van der Waals surface area contributed by atoms with Gasteiger partial charge in [0, 0.05) is 13.0 Å². The van der Waals surface area contributed by atoms with Gasteiger partial charge in [-0.3, -0.25) is 4.79 Å². The largest absolute Gasteiger partial charge is 0.471 e. The molecule has 0 aromatic heterocycles. The molecule has 3 heteroatoms. The van der Waals surface area contributed by atoms with E-state index in [0.29, 0.717) is 12.4 Å². The first-order valence-electron chi connectivity index (χ1n) is 6.30. The molecule has 0 amide bonds. The van der Waals surface area contributed by atoms with Crippen molar-refractivity contribution in [2.24, 2.45) is 0 Å². The minimum Gasteiger partial charge on any atom is -0.471 e. The van der Waals surface area contributed by atoms with Crippen molar-refractivity contribution in [3.05, 3.63) is 71.8 Å². The molecule has 20 heavy (non-hydrogen) atoms. The summed E-state index contributed by atoms with van der Waals surface area (Å²) in [4.78, 5) is 8.95. The Labute approximate surface area is 120 Å². The van der Waals surface area contributed by atoms with Gasteiger partial charge < -0.3 is 9.84 Å². The average Bonchev–Trinajstić information content (AvgIpc) is 2.58. The maximum Gasteiger partial charge on any atom is 0.292 e. The SMILES string of the molecule is CC(c1ccccc1)c1ccccc1.CO.COC=O. The average molecular weight is 274 g/mol. The molecule has 0 saturated carbocycles. The van der Waals surface area contributed by atoms with E-state index >= 15 is 0 Å². The molecule has 0 saturated heterocycles. The summed E-state index contributed by atoms with van der Waals surface area (Å²) in [6, 6.07) is 21.2. The molecule has 0 fully saturated rings. The van der Waals surface area contributed by atoms with Crippen LogP contribution in [0.15, 0.2) is 60.7 Å². The highest BCUT2D eigenvalue weighted by atomic mass is 16.5. The first kappa shape index (κ1) is 17.9. The highest BCUT2D eigenvalue weighted by Crippen LogP contribution is 2.22. The van der Waals surface area contributed by atoms with Gasteiger partial charge in [0.15, 0.2) is 0 Å². The lowest BCUT2D eigenvalue weighted by Gasteiger charge is -2.11. The number of rotatable bonds is 3. The number of aliphatic hydroxyl groups is 1. The lowest BCUT2D eigenvalue weighted by atomic mass is 9.93. The van der Waals surface area contributed by atoms with Gasteiger partial charge in [-0.15, -0.1) is 0 Å². The fraction of sp³-hybridized carbons (Fsp3) is 0.235. The smallest absolute Gasteiger partial charge is 0.292 e.